The molecule has 0 spiro atoms. The van der Waals surface area contributed by atoms with Crippen molar-refractivity contribution in [1.29, 1.82) is 0 Å². The number of aliphatic hydroxyl groups excluding tert-OH is 1. The van der Waals surface area contributed by atoms with Crippen LogP contribution < -0.4 is 0 Å². The standard InChI is InChI=1S/C7H17NO.C2H6/c1-4-5-8(3)6-7(2)9;1-2/h7,9H,4-6H2,1-3H3;1-2H3. The summed E-state index contributed by atoms with van der Waals surface area (Å²) < 4.78 is 0. The Balaban J connectivity index is 0. The predicted octanol–water partition coefficient (Wildman–Crippen LogP) is 1.74. The quantitative estimate of drug-likeness (QED) is 0.679. The van der Waals surface area contributed by atoms with Gasteiger partial charge in [-0.3, -0.25) is 0 Å². The highest BCUT2D eigenvalue weighted by Crippen LogP contribution is 1.88. The van der Waals surface area contributed by atoms with E-state index in [0.29, 0.717) is 0 Å². The molecule has 0 aliphatic carbocycles. The third-order valence-electron chi connectivity index (χ3n) is 1.18. The number of aliphatic hydroxyl groups is 1. The topological polar surface area (TPSA) is 23.5 Å². The number of rotatable bonds is 4. The number of hydrogen-bond donors (Lipinski definition) is 1. The van der Waals surface area contributed by atoms with Crippen LogP contribution in [0.15, 0.2) is 0 Å². The van der Waals surface area contributed by atoms with Gasteiger partial charge in [-0.2, -0.15) is 0 Å². The minimum Gasteiger partial charge on any atom is -0.392 e. The van der Waals surface area contributed by atoms with E-state index in [4.69, 9.17) is 5.11 Å². The molecule has 0 fully saturated rings. The maximum absolute atomic E-state index is 8.91. The van der Waals surface area contributed by atoms with E-state index in [1.165, 1.54) is 0 Å². The van der Waals surface area contributed by atoms with E-state index in [2.05, 4.69) is 11.8 Å². The average molecular weight is 161 g/mol. The summed E-state index contributed by atoms with van der Waals surface area (Å²) in [6.07, 6.45) is 0.963. The van der Waals surface area contributed by atoms with Gasteiger partial charge in [0.05, 0.1) is 6.10 Å². The molecule has 0 aromatic heterocycles. The first kappa shape index (κ1) is 13.5. The van der Waals surface area contributed by atoms with Gasteiger partial charge in [0.15, 0.2) is 0 Å². The Bertz CT molecular complexity index is 64.6. The van der Waals surface area contributed by atoms with Gasteiger partial charge in [0.25, 0.3) is 0 Å². The zero-order valence-corrected chi connectivity index (χ0v) is 8.59. The molecule has 2 heteroatoms. The summed E-state index contributed by atoms with van der Waals surface area (Å²) in [5.41, 5.74) is 0. The lowest BCUT2D eigenvalue weighted by Gasteiger charge is -2.16. The van der Waals surface area contributed by atoms with Crippen molar-refractivity contribution < 1.29 is 5.11 Å². The molecule has 0 saturated carbocycles. The van der Waals surface area contributed by atoms with Crippen molar-refractivity contribution in [3.63, 3.8) is 0 Å². The van der Waals surface area contributed by atoms with Crippen molar-refractivity contribution in [2.24, 2.45) is 0 Å². The minimum atomic E-state index is -0.193. The monoisotopic (exact) mass is 161 g/mol. The van der Waals surface area contributed by atoms with E-state index in [0.717, 1.165) is 19.5 Å². The van der Waals surface area contributed by atoms with Gasteiger partial charge in [-0.1, -0.05) is 20.8 Å². The molecule has 0 rings (SSSR count). The van der Waals surface area contributed by atoms with E-state index >= 15 is 0 Å². The smallest absolute Gasteiger partial charge is 0.0638 e. The van der Waals surface area contributed by atoms with Gasteiger partial charge < -0.3 is 10.0 Å². The van der Waals surface area contributed by atoms with Gasteiger partial charge >= 0.3 is 0 Å². The summed E-state index contributed by atoms with van der Waals surface area (Å²) in [4.78, 5) is 2.13. The van der Waals surface area contributed by atoms with Gasteiger partial charge in [0.2, 0.25) is 0 Å². The summed E-state index contributed by atoms with van der Waals surface area (Å²) in [6, 6.07) is 0. The summed E-state index contributed by atoms with van der Waals surface area (Å²) in [6.45, 7) is 9.81. The third-order valence-corrected chi connectivity index (χ3v) is 1.18. The Kier molecular flexibility index (Phi) is 12.2. The molecule has 70 valence electrons. The first-order chi connectivity index (χ1) is 5.16. The normalized spacial score (nSPS) is 12.3. The molecule has 1 unspecified atom stereocenters. The predicted molar refractivity (Wildman–Crippen MR) is 50.8 cm³/mol. The molecule has 0 aliphatic rings. The van der Waals surface area contributed by atoms with Crippen LogP contribution in [-0.2, 0) is 0 Å². The Labute approximate surface area is 71.2 Å². The second kappa shape index (κ2) is 9.92. The molecule has 1 N–H and O–H groups in total. The van der Waals surface area contributed by atoms with Crippen molar-refractivity contribution in [2.45, 2.75) is 40.2 Å². The van der Waals surface area contributed by atoms with Crippen LogP contribution in [0.4, 0.5) is 0 Å². The van der Waals surface area contributed by atoms with Crippen LogP contribution >= 0.6 is 0 Å². The molecule has 0 radical (unpaired) electrons. The highest BCUT2D eigenvalue weighted by molar-refractivity contribution is 4.53. The lowest BCUT2D eigenvalue weighted by Crippen LogP contribution is -2.27. The minimum absolute atomic E-state index is 0.193. The summed E-state index contributed by atoms with van der Waals surface area (Å²) >= 11 is 0. The maximum Gasteiger partial charge on any atom is 0.0638 e. The van der Waals surface area contributed by atoms with Crippen molar-refractivity contribution >= 4 is 0 Å². The van der Waals surface area contributed by atoms with Crippen LogP contribution in [0, 0.1) is 0 Å². The largest absolute Gasteiger partial charge is 0.392 e. The first-order valence-corrected chi connectivity index (χ1v) is 4.53. The highest BCUT2D eigenvalue weighted by atomic mass is 16.3. The highest BCUT2D eigenvalue weighted by Gasteiger charge is 1.99. The SMILES string of the molecule is CC.CCCN(C)CC(C)O. The molecule has 0 saturated heterocycles. The van der Waals surface area contributed by atoms with Crippen LogP contribution in [0.2, 0.25) is 0 Å². The third kappa shape index (κ3) is 13.0. The van der Waals surface area contributed by atoms with Crippen LogP contribution in [0.25, 0.3) is 0 Å². The fourth-order valence-corrected chi connectivity index (χ4v) is 0.924. The second-order valence-electron chi connectivity index (χ2n) is 2.61. The fraction of sp³-hybridized carbons (Fsp3) is 1.00. The van der Waals surface area contributed by atoms with Gasteiger partial charge in [0, 0.05) is 6.54 Å². The second-order valence-corrected chi connectivity index (χ2v) is 2.61. The Morgan fingerprint density at radius 3 is 2.09 bits per heavy atom. The Hall–Kier alpha value is -0.0800. The Morgan fingerprint density at radius 2 is 1.82 bits per heavy atom. The van der Waals surface area contributed by atoms with Crippen molar-refractivity contribution in [3.8, 4) is 0 Å². The van der Waals surface area contributed by atoms with E-state index in [1.807, 2.05) is 27.8 Å². The molecule has 0 aliphatic heterocycles. The van der Waals surface area contributed by atoms with Crippen molar-refractivity contribution in [1.82, 2.24) is 4.90 Å². The van der Waals surface area contributed by atoms with E-state index in [1.54, 1.807) is 0 Å². The lowest BCUT2D eigenvalue weighted by molar-refractivity contribution is 0.141. The van der Waals surface area contributed by atoms with Crippen LogP contribution in [0.3, 0.4) is 0 Å². The molecular weight excluding hydrogens is 138 g/mol. The van der Waals surface area contributed by atoms with Crippen molar-refractivity contribution in [3.05, 3.63) is 0 Å². The van der Waals surface area contributed by atoms with Crippen LogP contribution in [-0.4, -0.2) is 36.2 Å². The summed E-state index contributed by atoms with van der Waals surface area (Å²) in [7, 11) is 2.02. The van der Waals surface area contributed by atoms with Crippen LogP contribution in [0.5, 0.6) is 0 Å². The molecular formula is C9H23NO. The zero-order chi connectivity index (χ0) is 9.28. The Morgan fingerprint density at radius 1 is 1.36 bits per heavy atom. The fourth-order valence-electron chi connectivity index (χ4n) is 0.924. The molecule has 1 atom stereocenters. The lowest BCUT2D eigenvalue weighted by atomic mass is 10.3. The molecule has 0 bridgehead atoms. The van der Waals surface area contributed by atoms with Crippen molar-refractivity contribution in [2.75, 3.05) is 20.1 Å². The molecule has 0 aromatic carbocycles. The average Bonchev–Trinajstić information content (AvgIpc) is 1.91. The number of likely N-dealkylation sites (N-methyl/N-ethyl adjacent to an activating group) is 1. The summed E-state index contributed by atoms with van der Waals surface area (Å²) in [5.74, 6) is 0. The molecule has 0 aromatic rings. The van der Waals surface area contributed by atoms with Crippen LogP contribution in [0.1, 0.15) is 34.1 Å². The zero-order valence-electron chi connectivity index (χ0n) is 8.59. The molecule has 2 nitrogen and oxygen atoms in total. The van der Waals surface area contributed by atoms with E-state index < -0.39 is 0 Å². The van der Waals surface area contributed by atoms with E-state index in [9.17, 15) is 0 Å². The van der Waals surface area contributed by atoms with Gasteiger partial charge in [-0.25, -0.2) is 0 Å². The van der Waals surface area contributed by atoms with Gasteiger partial charge in [-0.15, -0.1) is 0 Å². The van der Waals surface area contributed by atoms with Gasteiger partial charge in [0.1, 0.15) is 0 Å². The summed E-state index contributed by atoms with van der Waals surface area (Å²) in [5, 5.41) is 8.91. The number of nitrogens with zero attached hydrogens (tertiary/aromatic N) is 1. The number of hydrogen-bond acceptors (Lipinski definition) is 2. The first-order valence-electron chi connectivity index (χ1n) is 4.53. The van der Waals surface area contributed by atoms with E-state index in [-0.39, 0.29) is 6.10 Å². The maximum atomic E-state index is 8.91. The van der Waals surface area contributed by atoms with Gasteiger partial charge in [-0.05, 0) is 26.9 Å². The molecule has 0 amide bonds. The molecule has 0 heterocycles. The molecule has 11 heavy (non-hydrogen) atoms.